The molecule has 0 fully saturated rings. The Balaban J connectivity index is 1.69. The van der Waals surface area contributed by atoms with Crippen LogP contribution in [-0.4, -0.2) is 24.4 Å². The molecule has 0 spiro atoms. The lowest BCUT2D eigenvalue weighted by Crippen LogP contribution is -2.24. The summed E-state index contributed by atoms with van der Waals surface area (Å²) >= 11 is 1.46. The monoisotopic (exact) mass is 369 g/mol. The predicted octanol–water partition coefficient (Wildman–Crippen LogP) is 4.17. The van der Waals surface area contributed by atoms with Crippen LogP contribution in [0.4, 0.5) is 13.2 Å². The Morgan fingerprint density at radius 3 is 2.28 bits per heavy atom. The zero-order valence-electron chi connectivity index (χ0n) is 13.4. The Labute approximate surface area is 148 Å². The van der Waals surface area contributed by atoms with Crippen LogP contribution in [0.2, 0.25) is 0 Å². The molecule has 2 aromatic rings. The molecule has 1 N–H and O–H groups in total. The van der Waals surface area contributed by atoms with E-state index in [0.29, 0.717) is 17.9 Å². The average molecular weight is 369 g/mol. The topological polar surface area (TPSA) is 38.3 Å². The highest BCUT2D eigenvalue weighted by atomic mass is 32.2. The van der Waals surface area contributed by atoms with Gasteiger partial charge in [-0.2, -0.15) is 13.2 Å². The first kappa shape index (κ1) is 19.3. The van der Waals surface area contributed by atoms with Gasteiger partial charge in [0.2, 0.25) is 5.91 Å². The van der Waals surface area contributed by atoms with Crippen molar-refractivity contribution in [2.24, 2.45) is 0 Å². The van der Waals surface area contributed by atoms with Gasteiger partial charge in [-0.15, -0.1) is 11.8 Å². The molecule has 7 heteroatoms. The highest BCUT2D eigenvalue weighted by Crippen LogP contribution is 2.17. The van der Waals surface area contributed by atoms with E-state index in [4.69, 9.17) is 0 Å². The Morgan fingerprint density at radius 2 is 1.64 bits per heavy atom. The number of carbonyl (C=O) groups excluding carboxylic acids is 1. The molecule has 2 rings (SSSR count). The molecule has 25 heavy (non-hydrogen) atoms. The van der Waals surface area contributed by atoms with E-state index in [9.17, 15) is 18.0 Å². The smallest absolute Gasteiger partial charge is 0.367 e. The van der Waals surface area contributed by atoms with Crippen molar-refractivity contribution in [2.45, 2.75) is 24.2 Å². The van der Waals surface area contributed by atoms with Crippen molar-refractivity contribution >= 4 is 17.7 Å². The molecule has 2 aromatic carbocycles. The third-order valence-electron chi connectivity index (χ3n) is 3.16. The summed E-state index contributed by atoms with van der Waals surface area (Å²) in [5.74, 6) is 0.249. The molecule has 0 aliphatic rings. The number of hydrogen-bond donors (Lipinski definition) is 1. The van der Waals surface area contributed by atoms with Crippen molar-refractivity contribution in [3.63, 3.8) is 0 Å². The maximum Gasteiger partial charge on any atom is 0.411 e. The zero-order valence-corrected chi connectivity index (χ0v) is 14.2. The Kier molecular flexibility index (Phi) is 7.33. The van der Waals surface area contributed by atoms with Gasteiger partial charge < -0.3 is 10.1 Å². The molecule has 0 aliphatic heterocycles. The summed E-state index contributed by atoms with van der Waals surface area (Å²) in [5, 5.41) is 2.81. The molecule has 0 atom stereocenters. The number of rotatable bonds is 8. The Morgan fingerprint density at radius 1 is 1.00 bits per heavy atom. The van der Waals surface area contributed by atoms with Gasteiger partial charge in [0.1, 0.15) is 6.61 Å². The summed E-state index contributed by atoms with van der Waals surface area (Å²) in [4.78, 5) is 12.9. The van der Waals surface area contributed by atoms with E-state index in [0.717, 1.165) is 10.5 Å². The van der Waals surface area contributed by atoms with Crippen molar-refractivity contribution in [1.29, 1.82) is 0 Å². The normalized spacial score (nSPS) is 11.3. The van der Waals surface area contributed by atoms with Crippen LogP contribution in [0.1, 0.15) is 11.1 Å². The second kappa shape index (κ2) is 9.48. The summed E-state index contributed by atoms with van der Waals surface area (Å²) in [5.41, 5.74) is 1.52. The second-order valence-corrected chi connectivity index (χ2v) is 6.35. The zero-order chi connectivity index (χ0) is 18.1. The van der Waals surface area contributed by atoms with Crippen LogP contribution in [0.5, 0.6) is 0 Å². The van der Waals surface area contributed by atoms with Gasteiger partial charge in [-0.05, 0) is 23.3 Å². The molecule has 1 amide bonds. The van der Waals surface area contributed by atoms with Crippen LogP contribution in [0.15, 0.2) is 59.5 Å². The fourth-order valence-electron chi connectivity index (χ4n) is 1.96. The summed E-state index contributed by atoms with van der Waals surface area (Å²) in [6.07, 6.45) is -4.32. The SMILES string of the molecule is O=C(CSc1ccccc1)NCc1ccc(COCC(F)(F)F)cc1. The van der Waals surface area contributed by atoms with Gasteiger partial charge in [-0.25, -0.2) is 0 Å². The lowest BCUT2D eigenvalue weighted by atomic mass is 10.1. The molecule has 134 valence electrons. The van der Waals surface area contributed by atoms with Gasteiger partial charge in [-0.1, -0.05) is 42.5 Å². The molecule has 0 radical (unpaired) electrons. The minimum absolute atomic E-state index is 0.0774. The maximum absolute atomic E-state index is 12.0. The van der Waals surface area contributed by atoms with Crippen molar-refractivity contribution in [3.05, 3.63) is 65.7 Å². The number of thioether (sulfide) groups is 1. The van der Waals surface area contributed by atoms with E-state index in [1.165, 1.54) is 11.8 Å². The van der Waals surface area contributed by atoms with E-state index < -0.39 is 12.8 Å². The molecule has 0 unspecified atom stereocenters. The molecule has 0 saturated heterocycles. The number of carbonyl (C=O) groups is 1. The van der Waals surface area contributed by atoms with Crippen molar-refractivity contribution in [1.82, 2.24) is 5.32 Å². The predicted molar refractivity (Wildman–Crippen MR) is 91.2 cm³/mol. The van der Waals surface area contributed by atoms with Gasteiger partial charge in [0.15, 0.2) is 0 Å². The van der Waals surface area contributed by atoms with Crippen LogP contribution in [-0.2, 0) is 22.7 Å². The minimum atomic E-state index is -4.32. The number of benzene rings is 2. The molecule has 0 heterocycles. The second-order valence-electron chi connectivity index (χ2n) is 5.30. The molecule has 0 aliphatic carbocycles. The molecule has 3 nitrogen and oxygen atoms in total. The Hall–Kier alpha value is -1.99. The first-order valence-corrected chi connectivity index (χ1v) is 8.58. The maximum atomic E-state index is 12.0. The van der Waals surface area contributed by atoms with Crippen LogP contribution in [0, 0.1) is 0 Å². The molecule has 0 aromatic heterocycles. The molecular weight excluding hydrogens is 351 g/mol. The van der Waals surface area contributed by atoms with Crippen LogP contribution in [0.3, 0.4) is 0 Å². The quantitative estimate of drug-likeness (QED) is 0.710. The van der Waals surface area contributed by atoms with Crippen molar-refractivity contribution in [2.75, 3.05) is 12.4 Å². The van der Waals surface area contributed by atoms with Gasteiger partial charge in [0, 0.05) is 11.4 Å². The average Bonchev–Trinajstić information content (AvgIpc) is 2.59. The Bertz CT molecular complexity index is 660. The summed E-state index contributed by atoms with van der Waals surface area (Å²) in [6.45, 7) is -0.984. The van der Waals surface area contributed by atoms with E-state index in [2.05, 4.69) is 10.1 Å². The van der Waals surface area contributed by atoms with E-state index in [1.54, 1.807) is 24.3 Å². The highest BCUT2D eigenvalue weighted by Gasteiger charge is 2.27. The number of alkyl halides is 3. The lowest BCUT2D eigenvalue weighted by Gasteiger charge is -2.09. The van der Waals surface area contributed by atoms with Gasteiger partial charge >= 0.3 is 6.18 Å². The number of amides is 1. The van der Waals surface area contributed by atoms with E-state index in [1.807, 2.05) is 30.3 Å². The van der Waals surface area contributed by atoms with Crippen LogP contribution >= 0.6 is 11.8 Å². The number of ether oxygens (including phenoxy) is 1. The number of nitrogens with one attached hydrogen (secondary N) is 1. The van der Waals surface area contributed by atoms with Crippen LogP contribution < -0.4 is 5.32 Å². The van der Waals surface area contributed by atoms with Crippen LogP contribution in [0.25, 0.3) is 0 Å². The lowest BCUT2D eigenvalue weighted by molar-refractivity contribution is -0.176. The fraction of sp³-hybridized carbons (Fsp3) is 0.278. The minimum Gasteiger partial charge on any atom is -0.367 e. The van der Waals surface area contributed by atoms with Gasteiger partial charge in [0.25, 0.3) is 0 Å². The first-order chi connectivity index (χ1) is 11.9. The largest absolute Gasteiger partial charge is 0.411 e. The summed E-state index contributed by atoms with van der Waals surface area (Å²) < 4.78 is 40.6. The summed E-state index contributed by atoms with van der Waals surface area (Å²) in [7, 11) is 0. The highest BCUT2D eigenvalue weighted by molar-refractivity contribution is 8.00. The number of halogens is 3. The third kappa shape index (κ3) is 8.09. The van der Waals surface area contributed by atoms with E-state index >= 15 is 0 Å². The number of hydrogen-bond acceptors (Lipinski definition) is 3. The fourth-order valence-corrected chi connectivity index (χ4v) is 2.70. The standard InChI is InChI=1S/C18H18F3NO2S/c19-18(20,21)13-24-11-15-8-6-14(7-9-15)10-22-17(23)12-25-16-4-2-1-3-5-16/h1-9H,10-13H2,(H,22,23). The molecule has 0 bridgehead atoms. The summed E-state index contributed by atoms with van der Waals surface area (Å²) in [6, 6.07) is 16.5. The molecular formula is C18H18F3NO2S. The van der Waals surface area contributed by atoms with Crippen molar-refractivity contribution < 1.29 is 22.7 Å². The molecule has 0 saturated carbocycles. The van der Waals surface area contributed by atoms with Crippen molar-refractivity contribution in [3.8, 4) is 0 Å². The van der Waals surface area contributed by atoms with E-state index in [-0.39, 0.29) is 12.5 Å². The van der Waals surface area contributed by atoms with Gasteiger partial charge in [-0.3, -0.25) is 4.79 Å². The third-order valence-corrected chi connectivity index (χ3v) is 4.17. The van der Waals surface area contributed by atoms with Gasteiger partial charge in [0.05, 0.1) is 12.4 Å². The first-order valence-electron chi connectivity index (χ1n) is 7.59.